The Labute approximate surface area is 154 Å². The molecule has 1 saturated heterocycles. The molecule has 1 aliphatic carbocycles. The lowest BCUT2D eigenvalue weighted by Crippen LogP contribution is -2.47. The monoisotopic (exact) mass is 396 g/mol. The van der Waals surface area contributed by atoms with Gasteiger partial charge in [-0.15, -0.1) is 0 Å². The minimum absolute atomic E-state index is 0.461. The Bertz CT molecular complexity index is 497. The fourth-order valence-corrected chi connectivity index (χ4v) is 4.80. The Balaban J connectivity index is 1.97. The molecular formula is C19H29BrN2O2. The van der Waals surface area contributed by atoms with E-state index in [1.165, 1.54) is 37.7 Å². The summed E-state index contributed by atoms with van der Waals surface area (Å²) in [5, 5.41) is 3.48. The Morgan fingerprint density at radius 2 is 1.62 bits per heavy atom. The maximum absolute atomic E-state index is 5.60. The third kappa shape index (κ3) is 3.89. The van der Waals surface area contributed by atoms with Crippen LogP contribution in [-0.2, 0) is 0 Å². The van der Waals surface area contributed by atoms with E-state index in [-0.39, 0.29) is 0 Å². The predicted molar refractivity (Wildman–Crippen MR) is 101 cm³/mol. The lowest BCUT2D eigenvalue weighted by Gasteiger charge is -2.41. The number of piperazine rings is 1. The smallest absolute Gasteiger partial charge is 0.137 e. The van der Waals surface area contributed by atoms with Crippen LogP contribution < -0.4 is 14.8 Å². The first kappa shape index (κ1) is 18.0. The maximum Gasteiger partial charge on any atom is 0.137 e. The average Bonchev–Trinajstić information content (AvgIpc) is 2.65. The van der Waals surface area contributed by atoms with Crippen molar-refractivity contribution in [3.8, 4) is 11.5 Å². The van der Waals surface area contributed by atoms with Gasteiger partial charge in [-0.25, -0.2) is 0 Å². The molecule has 1 atom stereocenters. The summed E-state index contributed by atoms with van der Waals surface area (Å²) in [4.78, 5) is 2.66. The third-order valence-electron chi connectivity index (χ3n) is 5.45. The Morgan fingerprint density at radius 1 is 1.04 bits per heavy atom. The molecule has 1 N–H and O–H groups in total. The molecule has 0 spiro atoms. The summed E-state index contributed by atoms with van der Waals surface area (Å²) in [6.45, 7) is 4.38. The van der Waals surface area contributed by atoms with Crippen molar-refractivity contribution >= 4 is 15.9 Å². The first-order valence-electron chi connectivity index (χ1n) is 9.10. The number of nitrogens with zero attached hydrogens (tertiary/aromatic N) is 1. The number of halogens is 1. The van der Waals surface area contributed by atoms with Crippen LogP contribution in [0.15, 0.2) is 16.6 Å². The van der Waals surface area contributed by atoms with E-state index >= 15 is 0 Å². The minimum Gasteiger partial charge on any atom is -0.495 e. The highest BCUT2D eigenvalue weighted by atomic mass is 79.9. The van der Waals surface area contributed by atoms with Crippen LogP contribution >= 0.6 is 15.9 Å². The first-order valence-corrected chi connectivity index (χ1v) is 9.90. The molecule has 0 radical (unpaired) electrons. The van der Waals surface area contributed by atoms with E-state index in [4.69, 9.17) is 9.47 Å². The molecule has 1 aromatic rings. The molecule has 0 unspecified atom stereocenters. The summed E-state index contributed by atoms with van der Waals surface area (Å²) in [5.41, 5.74) is 1.33. The number of hydrogen-bond donors (Lipinski definition) is 1. The van der Waals surface area contributed by atoms with Crippen molar-refractivity contribution in [2.24, 2.45) is 5.92 Å². The normalized spacial score (nSPS) is 21.5. The van der Waals surface area contributed by atoms with Crippen molar-refractivity contribution in [3.63, 3.8) is 0 Å². The average molecular weight is 397 g/mol. The van der Waals surface area contributed by atoms with E-state index in [9.17, 15) is 0 Å². The van der Waals surface area contributed by atoms with Crippen LogP contribution in [0.25, 0.3) is 0 Å². The fraction of sp³-hybridized carbons (Fsp3) is 0.684. The van der Waals surface area contributed by atoms with Gasteiger partial charge in [0.2, 0.25) is 0 Å². The Morgan fingerprint density at radius 3 is 2.17 bits per heavy atom. The van der Waals surface area contributed by atoms with E-state index < -0.39 is 0 Å². The molecule has 2 aliphatic rings. The van der Waals surface area contributed by atoms with E-state index in [2.05, 4.69) is 38.3 Å². The first-order chi connectivity index (χ1) is 11.7. The van der Waals surface area contributed by atoms with Crippen LogP contribution in [0.2, 0.25) is 0 Å². The van der Waals surface area contributed by atoms with Gasteiger partial charge in [-0.1, -0.05) is 19.3 Å². The molecule has 134 valence electrons. The molecule has 0 aromatic heterocycles. The van der Waals surface area contributed by atoms with Gasteiger partial charge in [-0.05, 0) is 52.4 Å². The van der Waals surface area contributed by atoms with Gasteiger partial charge < -0.3 is 14.8 Å². The van der Waals surface area contributed by atoms with Crippen LogP contribution in [0.4, 0.5) is 0 Å². The molecule has 2 fully saturated rings. The number of nitrogens with one attached hydrogen (secondary N) is 1. The highest BCUT2D eigenvalue weighted by molar-refractivity contribution is 9.10. The fourth-order valence-electron chi connectivity index (χ4n) is 4.25. The van der Waals surface area contributed by atoms with E-state index in [1.54, 1.807) is 14.2 Å². The molecule has 1 aliphatic heterocycles. The van der Waals surface area contributed by atoms with Crippen molar-refractivity contribution in [1.82, 2.24) is 10.2 Å². The SMILES string of the molecule is COc1cc([C@H](C2CCCCC2)N2CCNCC2)cc(OC)c1Br. The van der Waals surface area contributed by atoms with Crippen LogP contribution in [0.1, 0.15) is 43.7 Å². The van der Waals surface area contributed by atoms with Gasteiger partial charge in [0, 0.05) is 32.2 Å². The van der Waals surface area contributed by atoms with Crippen molar-refractivity contribution in [1.29, 1.82) is 0 Å². The van der Waals surface area contributed by atoms with E-state index in [0.717, 1.165) is 48.1 Å². The van der Waals surface area contributed by atoms with Gasteiger partial charge in [-0.2, -0.15) is 0 Å². The predicted octanol–water partition coefficient (Wildman–Crippen LogP) is 3.99. The Hall–Kier alpha value is -0.780. The van der Waals surface area contributed by atoms with Crippen molar-refractivity contribution in [3.05, 3.63) is 22.2 Å². The quantitative estimate of drug-likeness (QED) is 0.815. The second kappa shape index (κ2) is 8.54. The summed E-state index contributed by atoms with van der Waals surface area (Å²) in [7, 11) is 3.45. The van der Waals surface area contributed by atoms with Gasteiger partial charge >= 0.3 is 0 Å². The van der Waals surface area contributed by atoms with Gasteiger partial charge in [0.05, 0.1) is 14.2 Å². The van der Waals surface area contributed by atoms with Crippen molar-refractivity contribution < 1.29 is 9.47 Å². The number of benzene rings is 1. The van der Waals surface area contributed by atoms with E-state index in [0.29, 0.717) is 6.04 Å². The number of rotatable bonds is 5. The summed E-state index contributed by atoms with van der Waals surface area (Å²) >= 11 is 3.60. The zero-order chi connectivity index (χ0) is 16.9. The van der Waals surface area contributed by atoms with Gasteiger partial charge in [0.25, 0.3) is 0 Å². The van der Waals surface area contributed by atoms with Gasteiger partial charge in [-0.3, -0.25) is 4.90 Å². The molecule has 0 amide bonds. The lowest BCUT2D eigenvalue weighted by atomic mass is 9.80. The largest absolute Gasteiger partial charge is 0.495 e. The van der Waals surface area contributed by atoms with Crippen LogP contribution in [0.3, 0.4) is 0 Å². The van der Waals surface area contributed by atoms with Crippen molar-refractivity contribution in [2.75, 3.05) is 40.4 Å². The molecule has 3 rings (SSSR count). The zero-order valence-electron chi connectivity index (χ0n) is 14.8. The third-order valence-corrected chi connectivity index (χ3v) is 6.23. The number of ether oxygens (including phenoxy) is 2. The van der Waals surface area contributed by atoms with Gasteiger partial charge in [0.1, 0.15) is 16.0 Å². The number of methoxy groups -OCH3 is 2. The molecule has 1 aromatic carbocycles. The highest BCUT2D eigenvalue weighted by Crippen LogP contribution is 2.43. The number of hydrogen-bond acceptors (Lipinski definition) is 4. The Kier molecular flexibility index (Phi) is 6.42. The molecule has 0 bridgehead atoms. The minimum atomic E-state index is 0.461. The van der Waals surface area contributed by atoms with Crippen LogP contribution in [-0.4, -0.2) is 45.3 Å². The summed E-state index contributed by atoms with van der Waals surface area (Å²) < 4.78 is 12.1. The van der Waals surface area contributed by atoms with Crippen LogP contribution in [0, 0.1) is 5.92 Å². The summed E-state index contributed by atoms with van der Waals surface area (Å²) in [5.74, 6) is 2.45. The summed E-state index contributed by atoms with van der Waals surface area (Å²) in [6, 6.07) is 4.87. The maximum atomic E-state index is 5.60. The second-order valence-corrected chi connectivity index (χ2v) is 7.66. The molecule has 4 nitrogen and oxygen atoms in total. The topological polar surface area (TPSA) is 33.7 Å². The molecule has 1 heterocycles. The van der Waals surface area contributed by atoms with Crippen molar-refractivity contribution in [2.45, 2.75) is 38.1 Å². The molecule has 5 heteroatoms. The molecule has 24 heavy (non-hydrogen) atoms. The lowest BCUT2D eigenvalue weighted by molar-refractivity contribution is 0.103. The second-order valence-electron chi connectivity index (χ2n) is 6.87. The van der Waals surface area contributed by atoms with Crippen LogP contribution in [0.5, 0.6) is 11.5 Å². The molecule has 1 saturated carbocycles. The summed E-state index contributed by atoms with van der Waals surface area (Å²) in [6.07, 6.45) is 6.76. The standard InChI is InChI=1S/C19H29BrN2O2/c1-23-16-12-15(13-17(24-2)18(16)20)19(14-6-4-3-5-7-14)22-10-8-21-9-11-22/h12-14,19,21H,3-11H2,1-2H3/t19-/m0/s1. The zero-order valence-corrected chi connectivity index (χ0v) is 16.4. The molecular weight excluding hydrogens is 368 g/mol. The highest BCUT2D eigenvalue weighted by Gasteiger charge is 2.32. The van der Waals surface area contributed by atoms with Gasteiger partial charge in [0.15, 0.2) is 0 Å². The van der Waals surface area contributed by atoms with E-state index in [1.807, 2.05) is 0 Å².